The Morgan fingerprint density at radius 3 is 2.52 bits per heavy atom. The number of halogens is 1. The molecule has 2 aromatic rings. The normalized spacial score (nSPS) is 15.7. The summed E-state index contributed by atoms with van der Waals surface area (Å²) in [6, 6.07) is 10.4. The number of piperazine rings is 1. The van der Waals surface area contributed by atoms with Gasteiger partial charge >= 0.3 is 11.8 Å². The van der Waals surface area contributed by atoms with Crippen molar-refractivity contribution in [1.29, 1.82) is 0 Å². The molecular weight excluding hydrogens is 375 g/mol. The number of rotatable bonds is 7. The van der Waals surface area contributed by atoms with E-state index >= 15 is 0 Å². The molecule has 29 heavy (non-hydrogen) atoms. The molecule has 0 saturated carbocycles. The molecule has 0 radical (unpaired) electrons. The van der Waals surface area contributed by atoms with Crippen molar-refractivity contribution >= 4 is 17.5 Å². The van der Waals surface area contributed by atoms with Crippen LogP contribution in [0.15, 0.2) is 47.1 Å². The summed E-state index contributed by atoms with van der Waals surface area (Å²) in [7, 11) is 0. The lowest BCUT2D eigenvalue weighted by Crippen LogP contribution is -3.15. The molecule has 8 heteroatoms. The highest BCUT2D eigenvalue weighted by molar-refractivity contribution is 6.35. The van der Waals surface area contributed by atoms with Crippen LogP contribution >= 0.6 is 0 Å². The molecule has 3 rings (SSSR count). The van der Waals surface area contributed by atoms with Gasteiger partial charge in [-0.15, -0.1) is 0 Å². The Balaban J connectivity index is 1.61. The highest BCUT2D eigenvalue weighted by Gasteiger charge is 2.32. The van der Waals surface area contributed by atoms with E-state index in [0.29, 0.717) is 31.9 Å². The van der Waals surface area contributed by atoms with Crippen molar-refractivity contribution in [3.05, 3.63) is 54.2 Å². The third-order valence-corrected chi connectivity index (χ3v) is 5.19. The molecule has 1 aromatic carbocycles. The Kier molecular flexibility index (Phi) is 7.24. The van der Waals surface area contributed by atoms with Crippen molar-refractivity contribution in [2.45, 2.75) is 19.4 Å². The fraction of sp³-hybridized carbons (Fsp3) is 0.429. The number of nitrogens with zero attached hydrogens (tertiary/aromatic N) is 1. The first-order valence-corrected chi connectivity index (χ1v) is 10.0. The molecule has 1 fully saturated rings. The zero-order chi connectivity index (χ0) is 20.6. The minimum absolute atomic E-state index is 0.115. The summed E-state index contributed by atoms with van der Waals surface area (Å²) in [6.45, 7) is 5.60. The fourth-order valence-electron chi connectivity index (χ4n) is 3.62. The number of para-hydroxylation sites is 1. The molecule has 156 valence electrons. The third-order valence-electron chi connectivity index (χ3n) is 5.19. The first-order chi connectivity index (χ1) is 14.1. The summed E-state index contributed by atoms with van der Waals surface area (Å²) in [5.41, 5.74) is 0.613. The van der Waals surface area contributed by atoms with E-state index in [1.54, 1.807) is 18.4 Å². The predicted molar refractivity (Wildman–Crippen MR) is 107 cm³/mol. The van der Waals surface area contributed by atoms with Crippen molar-refractivity contribution in [3.63, 3.8) is 0 Å². The predicted octanol–water partition coefficient (Wildman–Crippen LogP) is 0.507. The number of nitrogens with one attached hydrogen (secondary N) is 3. The number of amides is 2. The van der Waals surface area contributed by atoms with E-state index in [1.807, 2.05) is 30.0 Å². The van der Waals surface area contributed by atoms with Gasteiger partial charge in [0.1, 0.15) is 5.82 Å². The topological polar surface area (TPSA) is 79.0 Å². The quantitative estimate of drug-likeness (QED) is 0.589. The van der Waals surface area contributed by atoms with Gasteiger partial charge in [0.2, 0.25) is 0 Å². The van der Waals surface area contributed by atoms with Crippen LogP contribution in [-0.2, 0) is 9.59 Å². The second-order valence-corrected chi connectivity index (χ2v) is 7.13. The second kappa shape index (κ2) is 10.1. The zero-order valence-corrected chi connectivity index (χ0v) is 16.6. The number of hydrogen-bond acceptors (Lipinski definition) is 4. The first-order valence-electron chi connectivity index (χ1n) is 10.0. The number of quaternary nitrogens is 1. The number of carbonyl (C=O) groups is 2. The van der Waals surface area contributed by atoms with E-state index in [4.69, 9.17) is 4.42 Å². The molecule has 1 aromatic heterocycles. The molecule has 3 N–H and O–H groups in total. The molecule has 0 unspecified atom stereocenters. The molecule has 1 saturated heterocycles. The van der Waals surface area contributed by atoms with Gasteiger partial charge in [-0.05, 0) is 30.7 Å². The van der Waals surface area contributed by atoms with Gasteiger partial charge in [-0.1, -0.05) is 19.1 Å². The molecule has 1 atom stereocenters. The smallest absolute Gasteiger partial charge is 0.309 e. The zero-order valence-electron chi connectivity index (χ0n) is 16.6. The minimum atomic E-state index is -0.639. The van der Waals surface area contributed by atoms with Gasteiger partial charge < -0.3 is 24.9 Å². The molecule has 1 aliphatic heterocycles. The van der Waals surface area contributed by atoms with Crippen LogP contribution in [0.2, 0.25) is 0 Å². The second-order valence-electron chi connectivity index (χ2n) is 7.13. The van der Waals surface area contributed by atoms with Gasteiger partial charge in [0.05, 0.1) is 44.7 Å². The molecule has 2 amide bonds. The Bertz CT molecular complexity index is 804. The van der Waals surface area contributed by atoms with Crippen molar-refractivity contribution in [1.82, 2.24) is 10.6 Å². The number of anilines is 1. The van der Waals surface area contributed by atoms with Crippen LogP contribution in [0.3, 0.4) is 0 Å². The van der Waals surface area contributed by atoms with E-state index in [1.165, 1.54) is 11.0 Å². The van der Waals surface area contributed by atoms with Crippen LogP contribution in [0, 0.1) is 5.82 Å². The maximum absolute atomic E-state index is 14.1. The SMILES string of the molecule is CCCNC(=O)C(=O)NC[C@H](c1ccco1)[NH+]1CCN(c2ccccc2F)CC1. The van der Waals surface area contributed by atoms with Gasteiger partial charge in [0, 0.05) is 6.54 Å². The summed E-state index contributed by atoms with van der Waals surface area (Å²) in [6.07, 6.45) is 2.37. The van der Waals surface area contributed by atoms with Crippen LogP contribution in [0.25, 0.3) is 0 Å². The maximum atomic E-state index is 14.1. The number of benzene rings is 1. The lowest BCUT2D eigenvalue weighted by atomic mass is 10.1. The van der Waals surface area contributed by atoms with E-state index in [0.717, 1.165) is 25.3 Å². The molecule has 1 aliphatic rings. The summed E-state index contributed by atoms with van der Waals surface area (Å²) in [4.78, 5) is 27.1. The van der Waals surface area contributed by atoms with Gasteiger partial charge in [0.25, 0.3) is 0 Å². The summed E-state index contributed by atoms with van der Waals surface area (Å²) in [5.74, 6) is -0.721. The van der Waals surface area contributed by atoms with Crippen molar-refractivity contribution in [2.75, 3.05) is 44.2 Å². The summed E-state index contributed by atoms with van der Waals surface area (Å²) >= 11 is 0. The van der Waals surface area contributed by atoms with Crippen LogP contribution in [0.1, 0.15) is 25.1 Å². The molecule has 0 spiro atoms. The highest BCUT2D eigenvalue weighted by Crippen LogP contribution is 2.19. The largest absolute Gasteiger partial charge is 0.463 e. The first kappa shape index (κ1) is 20.9. The van der Waals surface area contributed by atoms with Crippen molar-refractivity contribution in [2.24, 2.45) is 0 Å². The number of hydrogen-bond donors (Lipinski definition) is 3. The van der Waals surface area contributed by atoms with Gasteiger partial charge in [0.15, 0.2) is 11.8 Å². The number of furan rings is 1. The summed E-state index contributed by atoms with van der Waals surface area (Å²) in [5, 5.41) is 5.30. The minimum Gasteiger partial charge on any atom is -0.463 e. The molecule has 0 bridgehead atoms. The number of carbonyl (C=O) groups excluding carboxylic acids is 2. The standard InChI is InChI=1S/C21H27FN4O3/c1-2-9-23-20(27)21(28)24-15-18(19-8-5-14-29-19)26-12-10-25(11-13-26)17-7-4-3-6-16(17)22/h3-8,14,18H,2,9-13,15H2,1H3,(H,23,27)(H,24,28)/p+1/t18-/m1/s1. The van der Waals surface area contributed by atoms with E-state index in [-0.39, 0.29) is 11.9 Å². The molecule has 2 heterocycles. The Morgan fingerprint density at radius 2 is 1.86 bits per heavy atom. The van der Waals surface area contributed by atoms with Crippen molar-refractivity contribution in [3.8, 4) is 0 Å². The third kappa shape index (κ3) is 5.35. The Morgan fingerprint density at radius 1 is 1.14 bits per heavy atom. The summed E-state index contributed by atoms with van der Waals surface area (Å²) < 4.78 is 19.7. The van der Waals surface area contributed by atoms with Gasteiger partial charge in [-0.3, -0.25) is 9.59 Å². The monoisotopic (exact) mass is 403 g/mol. The van der Waals surface area contributed by atoms with Crippen LogP contribution in [0.4, 0.5) is 10.1 Å². The lowest BCUT2D eigenvalue weighted by molar-refractivity contribution is -0.932. The molecule has 7 nitrogen and oxygen atoms in total. The van der Waals surface area contributed by atoms with Gasteiger partial charge in [-0.2, -0.15) is 0 Å². The Labute approximate surface area is 169 Å². The van der Waals surface area contributed by atoms with Crippen LogP contribution in [-0.4, -0.2) is 51.1 Å². The van der Waals surface area contributed by atoms with Crippen LogP contribution < -0.4 is 20.4 Å². The average molecular weight is 403 g/mol. The fourth-order valence-corrected chi connectivity index (χ4v) is 3.62. The van der Waals surface area contributed by atoms with Gasteiger partial charge in [-0.25, -0.2) is 4.39 Å². The van der Waals surface area contributed by atoms with E-state index < -0.39 is 11.8 Å². The highest BCUT2D eigenvalue weighted by atomic mass is 19.1. The average Bonchev–Trinajstić information content (AvgIpc) is 3.27. The van der Waals surface area contributed by atoms with Crippen molar-refractivity contribution < 1.29 is 23.3 Å². The van der Waals surface area contributed by atoms with E-state index in [9.17, 15) is 14.0 Å². The van der Waals surface area contributed by atoms with Crippen LogP contribution in [0.5, 0.6) is 0 Å². The molecular formula is C21H28FN4O3+. The molecule has 0 aliphatic carbocycles. The van der Waals surface area contributed by atoms with E-state index in [2.05, 4.69) is 10.6 Å². The lowest BCUT2D eigenvalue weighted by Gasteiger charge is -2.37. The maximum Gasteiger partial charge on any atom is 0.309 e. The Hall–Kier alpha value is -2.87.